The highest BCUT2D eigenvalue weighted by Gasteiger charge is 2.23. The molecule has 1 amide bonds. The maximum atomic E-state index is 13.0. The first-order valence-electron chi connectivity index (χ1n) is 9.45. The van der Waals surface area contributed by atoms with Crippen molar-refractivity contribution in [3.63, 3.8) is 0 Å². The average Bonchev–Trinajstić information content (AvgIpc) is 2.78. The van der Waals surface area contributed by atoms with Gasteiger partial charge in [0.2, 0.25) is 0 Å². The van der Waals surface area contributed by atoms with Crippen molar-refractivity contribution >= 4 is 27.3 Å². The maximum absolute atomic E-state index is 13.0. The number of aryl methyl sites for hydroxylation is 1. The van der Waals surface area contributed by atoms with Crippen molar-refractivity contribution in [3.05, 3.63) is 77.9 Å². The second-order valence-electron chi connectivity index (χ2n) is 6.86. The summed E-state index contributed by atoms with van der Waals surface area (Å²) in [4.78, 5) is 12.6. The summed E-state index contributed by atoms with van der Waals surface area (Å²) in [5.41, 5.74) is 2.57. The average molecular weight is 441 g/mol. The highest BCUT2D eigenvalue weighted by molar-refractivity contribution is 7.92. The minimum atomic E-state index is -3.84. The Morgan fingerprint density at radius 1 is 0.903 bits per heavy atom. The molecule has 0 saturated heterocycles. The van der Waals surface area contributed by atoms with Crippen molar-refractivity contribution in [3.8, 4) is 11.5 Å². The molecule has 0 heterocycles. The fourth-order valence-corrected chi connectivity index (χ4v) is 4.23. The number of carbonyl (C=O) groups is 1. The van der Waals surface area contributed by atoms with Gasteiger partial charge in [-0.25, -0.2) is 8.42 Å². The monoisotopic (exact) mass is 440 g/mol. The van der Waals surface area contributed by atoms with Gasteiger partial charge in [0.25, 0.3) is 15.9 Å². The van der Waals surface area contributed by atoms with Gasteiger partial charge < -0.3 is 14.8 Å². The van der Waals surface area contributed by atoms with Crippen molar-refractivity contribution in [1.82, 2.24) is 0 Å². The zero-order valence-electron chi connectivity index (χ0n) is 17.7. The van der Waals surface area contributed by atoms with Crippen molar-refractivity contribution < 1.29 is 22.7 Å². The van der Waals surface area contributed by atoms with E-state index in [9.17, 15) is 13.2 Å². The van der Waals surface area contributed by atoms with Crippen LogP contribution < -0.4 is 19.1 Å². The Hall–Kier alpha value is -3.52. The van der Waals surface area contributed by atoms with Crippen LogP contribution in [0, 0.1) is 6.92 Å². The van der Waals surface area contributed by atoms with Crippen molar-refractivity contribution in [2.75, 3.05) is 30.9 Å². The summed E-state index contributed by atoms with van der Waals surface area (Å²) in [7, 11) is 0.537. The lowest BCUT2D eigenvalue weighted by Gasteiger charge is -2.20. The molecular weight excluding hydrogens is 416 g/mol. The van der Waals surface area contributed by atoms with Crippen molar-refractivity contribution in [1.29, 1.82) is 0 Å². The predicted molar refractivity (Wildman–Crippen MR) is 121 cm³/mol. The Kier molecular flexibility index (Phi) is 6.50. The molecule has 0 radical (unpaired) electrons. The van der Waals surface area contributed by atoms with Crippen molar-refractivity contribution in [2.24, 2.45) is 0 Å². The number of ether oxygens (including phenoxy) is 2. The van der Waals surface area contributed by atoms with Gasteiger partial charge in [-0.1, -0.05) is 12.1 Å². The van der Waals surface area contributed by atoms with Crippen LogP contribution in [0.3, 0.4) is 0 Å². The summed E-state index contributed by atoms with van der Waals surface area (Å²) in [6.07, 6.45) is 0. The third kappa shape index (κ3) is 4.80. The van der Waals surface area contributed by atoms with Crippen LogP contribution in [-0.2, 0) is 10.0 Å². The third-order valence-corrected chi connectivity index (χ3v) is 6.56. The Morgan fingerprint density at radius 3 is 2.19 bits per heavy atom. The standard InChI is InChI=1S/C23H24N2O5S/c1-16-6-5-7-18(14-16)24-23(26)17-8-10-19(11-9-17)25(2)31(27,28)20-12-13-21(29-3)22(15-20)30-4/h5-15H,1-4H3,(H,24,26). The molecule has 1 N–H and O–H groups in total. The number of rotatable bonds is 7. The molecule has 8 heteroatoms. The number of benzene rings is 3. The molecule has 0 aromatic heterocycles. The highest BCUT2D eigenvalue weighted by Crippen LogP contribution is 2.31. The Balaban J connectivity index is 1.80. The molecule has 0 bridgehead atoms. The lowest BCUT2D eigenvalue weighted by molar-refractivity contribution is 0.102. The molecule has 3 aromatic rings. The number of nitrogens with zero attached hydrogens (tertiary/aromatic N) is 1. The van der Waals surface area contributed by atoms with Gasteiger partial charge in [-0.2, -0.15) is 0 Å². The van der Waals surface area contributed by atoms with E-state index in [4.69, 9.17) is 9.47 Å². The summed E-state index contributed by atoms with van der Waals surface area (Å²) in [5, 5.41) is 2.83. The van der Waals surface area contributed by atoms with Gasteiger partial charge in [-0.05, 0) is 61.0 Å². The molecule has 3 rings (SSSR count). The molecule has 3 aromatic carbocycles. The fourth-order valence-electron chi connectivity index (χ4n) is 3.02. The number of hydrogen-bond acceptors (Lipinski definition) is 5. The Morgan fingerprint density at radius 2 is 1.58 bits per heavy atom. The van der Waals surface area contributed by atoms with E-state index in [0.29, 0.717) is 28.4 Å². The van der Waals surface area contributed by atoms with Crippen LogP contribution in [0.4, 0.5) is 11.4 Å². The molecule has 0 spiro atoms. The van der Waals surface area contributed by atoms with Gasteiger partial charge in [0.05, 0.1) is 24.8 Å². The van der Waals surface area contributed by atoms with Gasteiger partial charge >= 0.3 is 0 Å². The van der Waals surface area contributed by atoms with Gasteiger partial charge in [0.15, 0.2) is 11.5 Å². The largest absolute Gasteiger partial charge is 0.493 e. The first-order valence-corrected chi connectivity index (χ1v) is 10.9. The Labute approximate surface area is 182 Å². The Bertz CT molecular complexity index is 1190. The molecule has 0 aliphatic heterocycles. The zero-order chi connectivity index (χ0) is 22.6. The number of carbonyl (C=O) groups excluding carboxylic acids is 1. The van der Waals surface area contributed by atoms with Gasteiger partial charge in [-0.3, -0.25) is 9.10 Å². The quantitative estimate of drug-likeness (QED) is 0.598. The van der Waals surface area contributed by atoms with E-state index in [1.54, 1.807) is 24.3 Å². The summed E-state index contributed by atoms with van der Waals surface area (Å²) >= 11 is 0. The van der Waals surface area contributed by atoms with Crippen LogP contribution in [0.2, 0.25) is 0 Å². The maximum Gasteiger partial charge on any atom is 0.264 e. The molecule has 0 saturated carbocycles. The molecule has 0 aliphatic rings. The van der Waals surface area contributed by atoms with E-state index in [-0.39, 0.29) is 10.8 Å². The second-order valence-corrected chi connectivity index (χ2v) is 8.83. The first-order chi connectivity index (χ1) is 14.8. The number of amides is 1. The molecule has 0 aliphatic carbocycles. The van der Waals surface area contributed by atoms with E-state index in [2.05, 4.69) is 5.32 Å². The fraction of sp³-hybridized carbons (Fsp3) is 0.174. The van der Waals surface area contributed by atoms with Crippen LogP contribution in [0.25, 0.3) is 0 Å². The van der Waals surface area contributed by atoms with E-state index in [0.717, 1.165) is 9.87 Å². The minimum Gasteiger partial charge on any atom is -0.493 e. The molecule has 31 heavy (non-hydrogen) atoms. The normalized spacial score (nSPS) is 11.0. The zero-order valence-corrected chi connectivity index (χ0v) is 18.6. The molecular formula is C23H24N2O5S. The van der Waals surface area contributed by atoms with Gasteiger partial charge in [0, 0.05) is 24.4 Å². The highest BCUT2D eigenvalue weighted by atomic mass is 32.2. The minimum absolute atomic E-state index is 0.0638. The van der Waals surface area contributed by atoms with E-state index < -0.39 is 10.0 Å². The summed E-state index contributed by atoms with van der Waals surface area (Å²) in [6, 6.07) is 18.2. The summed E-state index contributed by atoms with van der Waals surface area (Å²) in [5.74, 6) is 0.482. The van der Waals surface area contributed by atoms with Crippen molar-refractivity contribution in [2.45, 2.75) is 11.8 Å². The van der Waals surface area contributed by atoms with Crippen LogP contribution in [0.15, 0.2) is 71.6 Å². The molecule has 0 fully saturated rings. The smallest absolute Gasteiger partial charge is 0.264 e. The van der Waals surface area contributed by atoms with Crippen LogP contribution in [-0.4, -0.2) is 35.6 Å². The lowest BCUT2D eigenvalue weighted by Crippen LogP contribution is -2.26. The number of sulfonamides is 1. The molecule has 7 nitrogen and oxygen atoms in total. The molecule has 0 atom stereocenters. The van der Waals surface area contributed by atoms with Gasteiger partial charge in [-0.15, -0.1) is 0 Å². The van der Waals surface area contributed by atoms with Crippen LogP contribution in [0.1, 0.15) is 15.9 Å². The summed E-state index contributed by atoms with van der Waals surface area (Å²) in [6.45, 7) is 1.94. The number of methoxy groups -OCH3 is 2. The number of hydrogen-bond donors (Lipinski definition) is 1. The second kappa shape index (κ2) is 9.09. The van der Waals surface area contributed by atoms with E-state index >= 15 is 0 Å². The van der Waals surface area contributed by atoms with E-state index in [1.165, 1.54) is 39.5 Å². The van der Waals surface area contributed by atoms with Crippen LogP contribution in [0.5, 0.6) is 11.5 Å². The molecule has 0 unspecified atom stereocenters. The number of nitrogens with one attached hydrogen (secondary N) is 1. The predicted octanol–water partition coefficient (Wildman–Crippen LogP) is 4.09. The number of anilines is 2. The summed E-state index contributed by atoms with van der Waals surface area (Å²) < 4.78 is 37.6. The third-order valence-electron chi connectivity index (χ3n) is 4.78. The van der Waals surface area contributed by atoms with Gasteiger partial charge in [0.1, 0.15) is 0 Å². The topological polar surface area (TPSA) is 84.9 Å². The van der Waals surface area contributed by atoms with Crippen LogP contribution >= 0.6 is 0 Å². The van der Waals surface area contributed by atoms with E-state index in [1.807, 2.05) is 31.2 Å². The molecule has 162 valence electrons. The lowest BCUT2D eigenvalue weighted by atomic mass is 10.1. The first kappa shape index (κ1) is 22.2. The SMILES string of the molecule is COc1ccc(S(=O)(=O)N(C)c2ccc(C(=O)Nc3cccc(C)c3)cc2)cc1OC.